The van der Waals surface area contributed by atoms with Gasteiger partial charge in [0.15, 0.2) is 6.10 Å². The summed E-state index contributed by atoms with van der Waals surface area (Å²) in [7, 11) is -4.95. The fourth-order valence-electron chi connectivity index (χ4n) is 3.80. The van der Waals surface area contributed by atoms with E-state index in [9.17, 15) is 14.2 Å². The molecule has 1 rings (SSSR count). The van der Waals surface area contributed by atoms with Gasteiger partial charge in [0.1, 0.15) is 11.7 Å². The molecule has 13 heteroatoms. The van der Waals surface area contributed by atoms with Crippen molar-refractivity contribution in [2.24, 2.45) is 0 Å². The Balaban J connectivity index is 3.57. The number of hydrogen-bond acceptors (Lipinski definition) is 10. The number of carbonyl (C=O) groups excluding carboxylic acids is 2. The quantitative estimate of drug-likeness (QED) is 0.134. The molecule has 0 bridgehead atoms. The molecule has 10 nitrogen and oxygen atoms in total. The molecule has 0 aromatic rings. The van der Waals surface area contributed by atoms with Gasteiger partial charge in [-0.15, -0.1) is 0 Å². The van der Waals surface area contributed by atoms with Gasteiger partial charge in [-0.05, 0) is 26.7 Å². The lowest BCUT2D eigenvalue weighted by atomic mass is 9.92. The molecule has 1 fully saturated rings. The zero-order chi connectivity index (χ0) is 27.4. The van der Waals surface area contributed by atoms with Crippen LogP contribution in [0.25, 0.3) is 0 Å². The van der Waals surface area contributed by atoms with Crippen LogP contribution in [0.2, 0.25) is 0 Å². The van der Waals surface area contributed by atoms with Gasteiger partial charge in [0, 0.05) is 27.1 Å². The fraction of sp³-hybridized carbons (Fsp3) is 0.913. The number of rotatable bonds is 18. The molecular weight excluding hydrogens is 505 g/mol. The summed E-state index contributed by atoms with van der Waals surface area (Å²) in [5.74, 6) is -1.54. The third-order valence-corrected chi connectivity index (χ3v) is 7.47. The molecule has 4 atom stereocenters. The average molecular weight is 547 g/mol. The van der Waals surface area contributed by atoms with Gasteiger partial charge < -0.3 is 32.7 Å². The van der Waals surface area contributed by atoms with Gasteiger partial charge in [0.25, 0.3) is 0 Å². The lowest BCUT2D eigenvalue weighted by molar-refractivity contribution is -0.220. The zero-order valence-electron chi connectivity index (χ0n) is 22.1. The minimum Gasteiger partial charge on any atom is -0.453 e. The van der Waals surface area contributed by atoms with Crippen LogP contribution in [0, 0.1) is 0 Å². The van der Waals surface area contributed by atoms with E-state index < -0.39 is 62.3 Å². The molecular formula is C23H41F2O10P. The first-order chi connectivity index (χ1) is 16.9. The Morgan fingerprint density at radius 1 is 0.944 bits per heavy atom. The molecule has 1 unspecified atom stereocenters. The lowest BCUT2D eigenvalue weighted by Crippen LogP contribution is -2.52. The zero-order valence-corrected chi connectivity index (χ0v) is 23.0. The minimum absolute atomic E-state index is 0.117. The van der Waals surface area contributed by atoms with E-state index in [1.165, 1.54) is 13.8 Å². The Morgan fingerprint density at radius 3 is 2.00 bits per heavy atom. The number of carbonyl (C=O) groups is 2. The predicted octanol–water partition coefficient (Wildman–Crippen LogP) is 4.83. The van der Waals surface area contributed by atoms with Gasteiger partial charge >= 0.3 is 25.2 Å². The van der Waals surface area contributed by atoms with E-state index >= 15 is 8.78 Å². The van der Waals surface area contributed by atoms with Crippen LogP contribution in [0.5, 0.6) is 0 Å². The minimum atomic E-state index is -4.95. The Labute approximate surface area is 212 Å². The first kappa shape index (κ1) is 32.9. The number of ether oxygens (including phenoxy) is 5. The summed E-state index contributed by atoms with van der Waals surface area (Å²) in [5.41, 5.74) is -6.07. The highest BCUT2D eigenvalue weighted by Gasteiger charge is 2.66. The maximum absolute atomic E-state index is 15.7. The summed E-state index contributed by atoms with van der Waals surface area (Å²) in [6.45, 7) is 8.25. The van der Waals surface area contributed by atoms with Crippen molar-refractivity contribution >= 4 is 19.5 Å². The number of halogens is 2. The molecule has 1 aliphatic rings. The van der Waals surface area contributed by atoms with Crippen LogP contribution < -0.4 is 0 Å². The van der Waals surface area contributed by atoms with E-state index in [0.29, 0.717) is 12.8 Å². The molecule has 0 spiro atoms. The maximum atomic E-state index is 15.7. The van der Waals surface area contributed by atoms with E-state index in [1.54, 1.807) is 0 Å². The summed E-state index contributed by atoms with van der Waals surface area (Å²) >= 11 is 0. The summed E-state index contributed by atoms with van der Waals surface area (Å²) in [5, 5.41) is 0. The third kappa shape index (κ3) is 8.99. The van der Waals surface area contributed by atoms with Gasteiger partial charge in [-0.2, -0.15) is 8.78 Å². The van der Waals surface area contributed by atoms with Crippen molar-refractivity contribution in [2.45, 2.75) is 103 Å². The first-order valence-corrected chi connectivity index (χ1v) is 13.9. The molecule has 1 aliphatic heterocycles. The van der Waals surface area contributed by atoms with Crippen molar-refractivity contribution in [2.75, 3.05) is 33.0 Å². The van der Waals surface area contributed by atoms with E-state index in [0.717, 1.165) is 26.7 Å². The van der Waals surface area contributed by atoms with Crippen LogP contribution in [0.3, 0.4) is 0 Å². The first-order valence-electron chi connectivity index (χ1n) is 12.4. The molecule has 0 aromatic carbocycles. The van der Waals surface area contributed by atoms with Crippen LogP contribution in [0.15, 0.2) is 0 Å². The van der Waals surface area contributed by atoms with Crippen molar-refractivity contribution < 1.29 is 55.7 Å². The van der Waals surface area contributed by atoms with Crippen molar-refractivity contribution in [1.82, 2.24) is 0 Å². The Morgan fingerprint density at radius 2 is 1.50 bits per heavy atom. The summed E-state index contributed by atoms with van der Waals surface area (Å²) in [6.07, 6.45) is -2.74. The number of unbranched alkanes of at least 4 members (excludes halogenated alkanes) is 2. The molecule has 36 heavy (non-hydrogen) atoms. The van der Waals surface area contributed by atoms with Gasteiger partial charge in [-0.1, -0.05) is 26.7 Å². The Kier molecular flexibility index (Phi) is 14.0. The number of alkyl halides is 2. The highest BCUT2D eigenvalue weighted by molar-refractivity contribution is 7.55. The van der Waals surface area contributed by atoms with Crippen molar-refractivity contribution in [3.8, 4) is 0 Å². The van der Waals surface area contributed by atoms with Crippen LogP contribution in [-0.2, 0) is 46.9 Å². The normalized spacial score (nSPS) is 24.6. The van der Waals surface area contributed by atoms with Crippen LogP contribution >= 0.6 is 7.60 Å². The monoisotopic (exact) mass is 546 g/mol. The molecule has 212 valence electrons. The average Bonchev–Trinajstić information content (AvgIpc) is 3.02. The molecule has 1 heterocycles. The molecule has 0 radical (unpaired) electrons. The summed E-state index contributed by atoms with van der Waals surface area (Å²) < 4.78 is 82.5. The van der Waals surface area contributed by atoms with Gasteiger partial charge in [0.05, 0.1) is 26.2 Å². The molecule has 0 N–H and O–H groups in total. The largest absolute Gasteiger partial charge is 0.453 e. The van der Waals surface area contributed by atoms with Crippen molar-refractivity contribution in [3.63, 3.8) is 0 Å². The molecule has 0 aromatic heterocycles. The second kappa shape index (κ2) is 15.3. The van der Waals surface area contributed by atoms with Crippen molar-refractivity contribution in [1.29, 1.82) is 0 Å². The topological polar surface area (TPSA) is 116 Å². The van der Waals surface area contributed by atoms with E-state index in [-0.39, 0.29) is 26.4 Å². The molecule has 0 saturated carbocycles. The smallest absolute Gasteiger partial charge is 0.399 e. The third-order valence-electron chi connectivity index (χ3n) is 5.31. The van der Waals surface area contributed by atoms with Crippen LogP contribution in [-0.4, -0.2) is 74.7 Å². The second-order valence-electron chi connectivity index (χ2n) is 8.46. The maximum Gasteiger partial charge on any atom is 0.399 e. The van der Waals surface area contributed by atoms with Gasteiger partial charge in [-0.3, -0.25) is 14.2 Å². The summed E-state index contributed by atoms with van der Waals surface area (Å²) in [6, 6.07) is 0. The Bertz CT molecular complexity index is 728. The number of esters is 2. The fourth-order valence-corrected chi connectivity index (χ4v) is 5.39. The van der Waals surface area contributed by atoms with Crippen LogP contribution in [0.4, 0.5) is 8.78 Å². The second-order valence-corrected chi connectivity index (χ2v) is 10.6. The van der Waals surface area contributed by atoms with Gasteiger partial charge in [-0.25, -0.2) is 0 Å². The number of hydrogen-bond donors (Lipinski definition) is 0. The van der Waals surface area contributed by atoms with Crippen LogP contribution in [0.1, 0.15) is 73.6 Å². The van der Waals surface area contributed by atoms with E-state index in [4.69, 9.17) is 32.7 Å². The summed E-state index contributed by atoms with van der Waals surface area (Å²) in [4.78, 5) is 23.7. The highest BCUT2D eigenvalue weighted by Crippen LogP contribution is 2.65. The molecule has 0 aliphatic carbocycles. The SMILES string of the molecule is CCCCOC[C@]1(CC(F)(F)P(=O)(OCC)OCC)O[C@@H](OC(C)=O)[C@@H](OC(C)=O)C1OCCCC. The van der Waals surface area contributed by atoms with E-state index in [2.05, 4.69) is 0 Å². The molecule has 1 saturated heterocycles. The lowest BCUT2D eigenvalue weighted by Gasteiger charge is -2.38. The van der Waals surface area contributed by atoms with Gasteiger partial charge in [0.2, 0.25) is 6.29 Å². The van der Waals surface area contributed by atoms with Crippen molar-refractivity contribution in [3.05, 3.63) is 0 Å². The Hall–Kier alpha value is -1.17. The van der Waals surface area contributed by atoms with E-state index in [1.807, 2.05) is 13.8 Å². The predicted molar refractivity (Wildman–Crippen MR) is 126 cm³/mol. The molecule has 0 amide bonds. The highest BCUT2D eigenvalue weighted by atomic mass is 31.2. The standard InChI is InChI=1S/C23H41F2O10P/c1-7-11-13-29-16-22(15-23(24,25)36(28,31-9-3)32-10-4)20(30-14-12-8-2)19(33-17(5)26)21(35-22)34-18(6)27/h19-21H,7-16H2,1-6H3/t19-,20?,21+,22-/m0/s1.